The maximum absolute atomic E-state index is 12.9. The Hall–Kier alpha value is -1.54. The number of hydrogen-bond donors (Lipinski definition) is 1. The second-order valence-electron chi connectivity index (χ2n) is 7.14. The molecule has 0 saturated heterocycles. The molecular formula is C21H25ClN2O3S2. The molecule has 1 aliphatic carbocycles. The van der Waals surface area contributed by atoms with E-state index in [2.05, 4.69) is 5.32 Å². The molecule has 1 amide bonds. The van der Waals surface area contributed by atoms with Crippen LogP contribution in [0.15, 0.2) is 52.3 Å². The summed E-state index contributed by atoms with van der Waals surface area (Å²) >= 11 is 7.68. The molecule has 1 aliphatic rings. The molecular weight excluding hydrogens is 428 g/mol. The van der Waals surface area contributed by atoms with Gasteiger partial charge in [0.2, 0.25) is 10.0 Å². The van der Waals surface area contributed by atoms with Gasteiger partial charge in [-0.3, -0.25) is 4.79 Å². The zero-order valence-corrected chi connectivity index (χ0v) is 18.9. The van der Waals surface area contributed by atoms with Crippen LogP contribution in [0, 0.1) is 0 Å². The number of hydrogen-bond acceptors (Lipinski definition) is 4. The zero-order chi connectivity index (χ0) is 21.0. The fourth-order valence-corrected chi connectivity index (χ4v) is 5.58. The summed E-state index contributed by atoms with van der Waals surface area (Å²) in [5, 5.41) is 3.15. The standard InChI is InChI=1S/C21H25ClN2O3S2/c1-24(16-6-4-3-5-7-16)29(26,27)18-11-8-15(9-12-18)23-21(25)19-14-17(28-2)10-13-20(19)22/h8-14,16H,3-7H2,1-2H3,(H,23,25). The largest absolute Gasteiger partial charge is 0.322 e. The van der Waals surface area contributed by atoms with E-state index in [1.165, 1.54) is 34.6 Å². The lowest BCUT2D eigenvalue weighted by Gasteiger charge is -2.30. The number of rotatable bonds is 6. The Morgan fingerprint density at radius 3 is 2.38 bits per heavy atom. The van der Waals surface area contributed by atoms with Gasteiger partial charge < -0.3 is 5.32 Å². The summed E-state index contributed by atoms with van der Waals surface area (Å²) in [5.41, 5.74) is 0.895. The number of carbonyl (C=O) groups excluding carboxylic acids is 1. The number of halogens is 1. The Bertz CT molecular complexity index is 972. The molecule has 0 aliphatic heterocycles. The van der Waals surface area contributed by atoms with E-state index in [1.807, 2.05) is 12.3 Å². The summed E-state index contributed by atoms with van der Waals surface area (Å²) in [4.78, 5) is 13.7. The average molecular weight is 453 g/mol. The summed E-state index contributed by atoms with van der Waals surface area (Å²) < 4.78 is 27.3. The monoisotopic (exact) mass is 452 g/mol. The highest BCUT2D eigenvalue weighted by molar-refractivity contribution is 7.98. The zero-order valence-electron chi connectivity index (χ0n) is 16.5. The van der Waals surface area contributed by atoms with E-state index in [-0.39, 0.29) is 16.8 Å². The molecule has 0 radical (unpaired) electrons. The number of benzene rings is 2. The van der Waals surface area contributed by atoms with Crippen molar-refractivity contribution >= 4 is 45.0 Å². The second-order valence-corrected chi connectivity index (χ2v) is 10.4. The Kier molecular flexibility index (Phi) is 7.27. The van der Waals surface area contributed by atoms with Crippen molar-refractivity contribution in [2.45, 2.75) is 47.9 Å². The van der Waals surface area contributed by atoms with Gasteiger partial charge in [0.25, 0.3) is 5.91 Å². The van der Waals surface area contributed by atoms with Crippen LogP contribution in [0.25, 0.3) is 0 Å². The van der Waals surface area contributed by atoms with Gasteiger partial charge >= 0.3 is 0 Å². The van der Waals surface area contributed by atoms with E-state index in [4.69, 9.17) is 11.6 Å². The summed E-state index contributed by atoms with van der Waals surface area (Å²) in [7, 11) is -1.90. The second kappa shape index (κ2) is 9.51. The highest BCUT2D eigenvalue weighted by Gasteiger charge is 2.29. The molecule has 2 aromatic carbocycles. The lowest BCUT2D eigenvalue weighted by atomic mass is 9.96. The molecule has 1 saturated carbocycles. The number of amides is 1. The summed E-state index contributed by atoms with van der Waals surface area (Å²) in [6.45, 7) is 0. The van der Waals surface area contributed by atoms with Crippen molar-refractivity contribution in [3.05, 3.63) is 53.1 Å². The number of thioether (sulfide) groups is 1. The number of nitrogens with one attached hydrogen (secondary N) is 1. The van der Waals surface area contributed by atoms with Crippen molar-refractivity contribution < 1.29 is 13.2 Å². The molecule has 0 bridgehead atoms. The fourth-order valence-electron chi connectivity index (χ4n) is 3.52. The minimum atomic E-state index is -3.55. The van der Waals surface area contributed by atoms with Crippen LogP contribution in [0.1, 0.15) is 42.5 Å². The number of carbonyl (C=O) groups is 1. The highest BCUT2D eigenvalue weighted by atomic mass is 35.5. The lowest BCUT2D eigenvalue weighted by Crippen LogP contribution is -2.38. The van der Waals surface area contributed by atoms with E-state index in [0.29, 0.717) is 16.3 Å². The van der Waals surface area contributed by atoms with Crippen LogP contribution in [0.4, 0.5) is 5.69 Å². The van der Waals surface area contributed by atoms with E-state index < -0.39 is 10.0 Å². The van der Waals surface area contributed by atoms with E-state index in [1.54, 1.807) is 31.3 Å². The van der Waals surface area contributed by atoms with Gasteiger partial charge in [0.05, 0.1) is 15.5 Å². The van der Waals surface area contributed by atoms with Crippen molar-refractivity contribution in [3.63, 3.8) is 0 Å². The predicted octanol–water partition coefficient (Wildman–Crippen LogP) is 5.27. The molecule has 0 heterocycles. The van der Waals surface area contributed by atoms with E-state index in [0.717, 1.165) is 30.6 Å². The van der Waals surface area contributed by atoms with Gasteiger partial charge in [-0.15, -0.1) is 11.8 Å². The molecule has 8 heteroatoms. The summed E-state index contributed by atoms with van der Waals surface area (Å²) in [5.74, 6) is -0.333. The first-order valence-electron chi connectivity index (χ1n) is 9.56. The van der Waals surface area contributed by atoms with Crippen LogP contribution in [0.3, 0.4) is 0 Å². The van der Waals surface area contributed by atoms with Gasteiger partial charge in [0.15, 0.2) is 0 Å². The minimum absolute atomic E-state index is 0.0546. The Balaban J connectivity index is 1.73. The maximum atomic E-state index is 12.9. The topological polar surface area (TPSA) is 66.5 Å². The third-order valence-electron chi connectivity index (χ3n) is 5.30. The normalized spacial score (nSPS) is 15.4. The van der Waals surface area contributed by atoms with Crippen molar-refractivity contribution in [2.24, 2.45) is 0 Å². The lowest BCUT2D eigenvalue weighted by molar-refractivity contribution is 0.102. The molecule has 3 rings (SSSR count). The SMILES string of the molecule is CSc1ccc(Cl)c(C(=O)Nc2ccc(S(=O)(=O)N(C)C3CCCCC3)cc2)c1. The molecule has 0 spiro atoms. The molecule has 0 unspecified atom stereocenters. The summed E-state index contributed by atoms with van der Waals surface area (Å²) in [6.07, 6.45) is 7.03. The molecule has 5 nitrogen and oxygen atoms in total. The Labute approximate surface area is 181 Å². The molecule has 0 atom stereocenters. The van der Waals surface area contributed by atoms with Crippen LogP contribution < -0.4 is 5.32 Å². The molecule has 2 aromatic rings. The Morgan fingerprint density at radius 1 is 1.10 bits per heavy atom. The third-order valence-corrected chi connectivity index (χ3v) is 8.28. The highest BCUT2D eigenvalue weighted by Crippen LogP contribution is 2.28. The van der Waals surface area contributed by atoms with Gasteiger partial charge in [-0.2, -0.15) is 4.31 Å². The quantitative estimate of drug-likeness (QED) is 0.606. The molecule has 0 aromatic heterocycles. The molecule has 156 valence electrons. The number of nitrogens with zero attached hydrogens (tertiary/aromatic N) is 1. The Morgan fingerprint density at radius 2 is 1.76 bits per heavy atom. The first kappa shape index (κ1) is 22.2. The van der Waals surface area contributed by atoms with Crippen LogP contribution in [0.2, 0.25) is 5.02 Å². The van der Waals surface area contributed by atoms with E-state index in [9.17, 15) is 13.2 Å². The van der Waals surface area contributed by atoms with Crippen molar-refractivity contribution in [3.8, 4) is 0 Å². The van der Waals surface area contributed by atoms with Gasteiger partial charge in [0, 0.05) is 23.7 Å². The molecule has 1 fully saturated rings. The number of sulfonamides is 1. The third kappa shape index (κ3) is 5.15. The van der Waals surface area contributed by atoms with Crippen molar-refractivity contribution in [1.29, 1.82) is 0 Å². The predicted molar refractivity (Wildman–Crippen MR) is 119 cm³/mol. The smallest absolute Gasteiger partial charge is 0.257 e. The molecule has 29 heavy (non-hydrogen) atoms. The van der Waals surface area contributed by atoms with Crippen molar-refractivity contribution in [2.75, 3.05) is 18.6 Å². The first-order valence-corrected chi connectivity index (χ1v) is 12.6. The van der Waals surface area contributed by atoms with Gasteiger partial charge in [-0.05, 0) is 61.6 Å². The molecule has 1 N–H and O–H groups in total. The van der Waals surface area contributed by atoms with E-state index >= 15 is 0 Å². The minimum Gasteiger partial charge on any atom is -0.322 e. The van der Waals surface area contributed by atoms with Crippen molar-refractivity contribution in [1.82, 2.24) is 4.31 Å². The maximum Gasteiger partial charge on any atom is 0.257 e. The van der Waals surface area contributed by atoms with Gasteiger partial charge in [-0.25, -0.2) is 8.42 Å². The summed E-state index contributed by atoms with van der Waals surface area (Å²) in [6, 6.07) is 11.6. The van der Waals surface area contributed by atoms with Gasteiger partial charge in [-0.1, -0.05) is 30.9 Å². The first-order chi connectivity index (χ1) is 13.8. The van der Waals surface area contributed by atoms with Crippen LogP contribution in [-0.4, -0.2) is 38.0 Å². The number of anilines is 1. The van der Waals surface area contributed by atoms with Gasteiger partial charge in [0.1, 0.15) is 0 Å². The average Bonchev–Trinajstić information content (AvgIpc) is 2.74. The van der Waals surface area contributed by atoms with Crippen LogP contribution in [-0.2, 0) is 10.0 Å². The fraction of sp³-hybridized carbons (Fsp3) is 0.381. The van der Waals surface area contributed by atoms with Crippen LogP contribution >= 0.6 is 23.4 Å². The van der Waals surface area contributed by atoms with Crippen LogP contribution in [0.5, 0.6) is 0 Å².